The first-order valence-corrected chi connectivity index (χ1v) is 4.00. The Morgan fingerprint density at radius 2 is 1.83 bits per heavy atom. The van der Waals surface area contributed by atoms with Gasteiger partial charge in [0.2, 0.25) is 0 Å². The van der Waals surface area contributed by atoms with E-state index < -0.39 is 0 Å². The maximum absolute atomic E-state index is 11.5. The molecule has 0 saturated carbocycles. The summed E-state index contributed by atoms with van der Waals surface area (Å²) in [5.41, 5.74) is 3.05. The van der Waals surface area contributed by atoms with Gasteiger partial charge in [0, 0.05) is 0 Å². The van der Waals surface area contributed by atoms with Crippen LogP contribution in [0.5, 0.6) is 0 Å². The fourth-order valence-electron chi connectivity index (χ4n) is 1.62. The van der Waals surface area contributed by atoms with E-state index in [2.05, 4.69) is 9.97 Å². The molecule has 1 aliphatic rings. The van der Waals surface area contributed by atoms with Crippen molar-refractivity contribution in [3.63, 3.8) is 0 Å². The van der Waals surface area contributed by atoms with Gasteiger partial charge in [-0.15, -0.1) is 0 Å². The van der Waals surface area contributed by atoms with Crippen LogP contribution in [0.3, 0.4) is 0 Å². The molecule has 0 saturated heterocycles. The first kappa shape index (κ1) is 7.40. The van der Waals surface area contributed by atoms with Crippen molar-refractivity contribution in [2.45, 2.75) is 26.7 Å². The van der Waals surface area contributed by atoms with Crippen molar-refractivity contribution in [2.75, 3.05) is 0 Å². The van der Waals surface area contributed by atoms with Crippen LogP contribution in [0.2, 0.25) is 0 Å². The minimum Gasteiger partial charge on any atom is -0.292 e. The van der Waals surface area contributed by atoms with E-state index in [1.165, 1.54) is 0 Å². The molecule has 1 aromatic heterocycles. The summed E-state index contributed by atoms with van der Waals surface area (Å²) in [5, 5.41) is 0. The Morgan fingerprint density at radius 1 is 1.17 bits per heavy atom. The van der Waals surface area contributed by atoms with Crippen LogP contribution < -0.4 is 0 Å². The molecule has 0 radical (unpaired) electrons. The second-order valence-electron chi connectivity index (χ2n) is 3.21. The second-order valence-corrected chi connectivity index (χ2v) is 3.21. The molecular weight excluding hydrogens is 152 g/mol. The molecule has 1 aromatic rings. The van der Waals surface area contributed by atoms with Crippen molar-refractivity contribution >= 4 is 5.78 Å². The molecule has 62 valence electrons. The maximum Gasteiger partial charge on any atom is 0.191 e. The third-order valence-electron chi connectivity index (χ3n) is 2.32. The van der Waals surface area contributed by atoms with Gasteiger partial charge in [-0.1, -0.05) is 0 Å². The number of ketones is 1. The first-order chi connectivity index (χ1) is 5.61. The van der Waals surface area contributed by atoms with Crippen LogP contribution in [0, 0.1) is 13.8 Å². The van der Waals surface area contributed by atoms with Crippen LogP contribution in [0.15, 0.2) is 0 Å². The van der Waals surface area contributed by atoms with Gasteiger partial charge in [0.25, 0.3) is 0 Å². The predicted octanol–water partition coefficient (Wildman–Crippen LogP) is 1.39. The quantitative estimate of drug-likeness (QED) is 0.579. The molecule has 0 spiro atoms. The van der Waals surface area contributed by atoms with Crippen LogP contribution in [0.4, 0.5) is 0 Å². The molecule has 2 bridgehead atoms. The van der Waals surface area contributed by atoms with Gasteiger partial charge >= 0.3 is 0 Å². The first-order valence-electron chi connectivity index (χ1n) is 4.00. The number of nitrogens with zero attached hydrogens (tertiary/aromatic N) is 2. The molecule has 0 fully saturated rings. The lowest BCUT2D eigenvalue weighted by Crippen LogP contribution is -2.01. The van der Waals surface area contributed by atoms with Crippen molar-refractivity contribution in [3.8, 4) is 0 Å². The van der Waals surface area contributed by atoms with E-state index >= 15 is 0 Å². The number of carbonyl (C=O) groups is 1. The summed E-state index contributed by atoms with van der Waals surface area (Å²) in [6.07, 6.45) is 0. The third kappa shape index (κ3) is 0.734. The fraction of sp³-hybridized carbons (Fsp3) is 0.444. The molecule has 2 rings (SSSR count). The van der Waals surface area contributed by atoms with E-state index in [4.69, 9.17) is 0 Å². The highest BCUT2D eigenvalue weighted by Gasteiger charge is 2.31. The Hall–Kier alpha value is -1.25. The minimum atomic E-state index is -0.0822. The van der Waals surface area contributed by atoms with Crippen LogP contribution in [0.1, 0.15) is 40.4 Å². The van der Waals surface area contributed by atoms with Gasteiger partial charge in [-0.2, -0.15) is 0 Å². The van der Waals surface area contributed by atoms with E-state index in [9.17, 15) is 4.79 Å². The van der Waals surface area contributed by atoms with E-state index in [0.717, 1.165) is 17.1 Å². The van der Waals surface area contributed by atoms with Crippen LogP contribution in [0.25, 0.3) is 0 Å². The molecule has 12 heavy (non-hydrogen) atoms. The Morgan fingerprint density at radius 3 is 2.50 bits per heavy atom. The summed E-state index contributed by atoms with van der Waals surface area (Å²) in [5.74, 6) is 0.0318. The number of aryl methyl sites for hydroxylation is 2. The Kier molecular flexibility index (Phi) is 1.31. The Bertz CT molecular complexity index is 371. The summed E-state index contributed by atoms with van der Waals surface area (Å²) in [7, 11) is 0. The third-order valence-corrected chi connectivity index (χ3v) is 2.32. The molecule has 1 atom stereocenters. The predicted molar refractivity (Wildman–Crippen MR) is 44.3 cm³/mol. The average molecular weight is 162 g/mol. The van der Waals surface area contributed by atoms with E-state index in [-0.39, 0.29) is 11.7 Å². The number of Topliss-reactive ketones (excluding diaryl/α,β-unsaturated/α-hetero) is 1. The van der Waals surface area contributed by atoms with Gasteiger partial charge in [-0.3, -0.25) is 9.78 Å². The van der Waals surface area contributed by atoms with E-state index in [1.807, 2.05) is 20.8 Å². The number of aromatic nitrogens is 2. The zero-order chi connectivity index (χ0) is 8.88. The van der Waals surface area contributed by atoms with Gasteiger partial charge in [-0.25, -0.2) is 4.98 Å². The lowest BCUT2D eigenvalue weighted by atomic mass is 10.0. The molecule has 0 aromatic carbocycles. The standard InChI is InChI=1S/C9H10N2O/c1-4-7-5(2)10-6(3)8(11-7)9(4)12/h4H,1-3H3. The van der Waals surface area contributed by atoms with Crippen molar-refractivity contribution < 1.29 is 4.79 Å². The molecule has 1 aliphatic heterocycles. The van der Waals surface area contributed by atoms with Crippen LogP contribution in [-0.4, -0.2) is 15.8 Å². The number of hydrogen-bond acceptors (Lipinski definition) is 3. The maximum atomic E-state index is 11.5. The topological polar surface area (TPSA) is 42.9 Å². The molecule has 3 heteroatoms. The number of hydrogen-bond donors (Lipinski definition) is 0. The fourth-order valence-corrected chi connectivity index (χ4v) is 1.62. The Labute approximate surface area is 70.9 Å². The van der Waals surface area contributed by atoms with E-state index in [0.29, 0.717) is 5.69 Å². The molecule has 0 aliphatic carbocycles. The minimum absolute atomic E-state index is 0.0822. The van der Waals surface area contributed by atoms with E-state index in [1.54, 1.807) is 0 Å². The Balaban J connectivity index is 2.73. The number of rotatable bonds is 0. The molecule has 2 heterocycles. The molecule has 1 unspecified atom stereocenters. The summed E-state index contributed by atoms with van der Waals surface area (Å²) in [6.45, 7) is 5.61. The monoisotopic (exact) mass is 162 g/mol. The van der Waals surface area contributed by atoms with Gasteiger partial charge in [0.1, 0.15) is 5.69 Å². The normalized spacial score (nSPS) is 20.2. The van der Waals surface area contributed by atoms with Gasteiger partial charge < -0.3 is 0 Å². The lowest BCUT2D eigenvalue weighted by Gasteiger charge is -1.98. The highest BCUT2D eigenvalue weighted by molar-refractivity contribution is 6.02. The summed E-state index contributed by atoms with van der Waals surface area (Å²) < 4.78 is 0. The second kappa shape index (κ2) is 2.12. The highest BCUT2D eigenvalue weighted by atomic mass is 16.1. The zero-order valence-electron chi connectivity index (χ0n) is 7.38. The molecule has 0 amide bonds. The smallest absolute Gasteiger partial charge is 0.191 e. The van der Waals surface area contributed by atoms with Gasteiger partial charge in [-0.05, 0) is 20.8 Å². The number of carbonyl (C=O) groups excluding carboxylic acids is 1. The van der Waals surface area contributed by atoms with Crippen LogP contribution >= 0.6 is 0 Å². The SMILES string of the molecule is Cc1nc(C)c2nc1C(=O)C2C. The lowest BCUT2D eigenvalue weighted by molar-refractivity contribution is 0.0972. The molecule has 3 nitrogen and oxygen atoms in total. The highest BCUT2D eigenvalue weighted by Crippen LogP contribution is 2.28. The van der Waals surface area contributed by atoms with Crippen molar-refractivity contribution in [1.29, 1.82) is 0 Å². The zero-order valence-corrected chi connectivity index (χ0v) is 7.38. The summed E-state index contributed by atoms with van der Waals surface area (Å²) in [6, 6.07) is 0. The number of fused-ring (bicyclic) bond motifs is 2. The van der Waals surface area contributed by atoms with Gasteiger partial charge in [0.05, 0.1) is 23.0 Å². The summed E-state index contributed by atoms with van der Waals surface area (Å²) in [4.78, 5) is 20.0. The van der Waals surface area contributed by atoms with Crippen molar-refractivity contribution in [2.24, 2.45) is 0 Å². The molecular formula is C9H10N2O. The van der Waals surface area contributed by atoms with Crippen molar-refractivity contribution in [3.05, 3.63) is 22.8 Å². The molecule has 0 N–H and O–H groups in total. The van der Waals surface area contributed by atoms with Gasteiger partial charge in [0.15, 0.2) is 5.78 Å². The average Bonchev–Trinajstić information content (AvgIpc) is 2.26. The summed E-state index contributed by atoms with van der Waals surface area (Å²) >= 11 is 0. The van der Waals surface area contributed by atoms with Crippen LogP contribution in [-0.2, 0) is 0 Å². The largest absolute Gasteiger partial charge is 0.292 e. The van der Waals surface area contributed by atoms with Crippen molar-refractivity contribution in [1.82, 2.24) is 9.97 Å².